The van der Waals surface area contributed by atoms with E-state index in [2.05, 4.69) is 10.3 Å². The normalized spacial score (nSPS) is 10.2. The van der Waals surface area contributed by atoms with Crippen molar-refractivity contribution in [3.05, 3.63) is 35.2 Å². The first kappa shape index (κ1) is 14.2. The second-order valence-electron chi connectivity index (χ2n) is 4.35. The van der Waals surface area contributed by atoms with Crippen LogP contribution in [-0.4, -0.2) is 22.0 Å². The molecule has 104 valence electrons. The van der Waals surface area contributed by atoms with E-state index in [0.29, 0.717) is 5.13 Å². The number of aromatic nitrogens is 1. The highest BCUT2D eigenvalue weighted by Crippen LogP contribution is 2.25. The van der Waals surface area contributed by atoms with Crippen LogP contribution in [0.15, 0.2) is 29.6 Å². The topological polar surface area (TPSA) is 79.3 Å². The minimum Gasteiger partial charge on any atom is -0.481 e. The van der Waals surface area contributed by atoms with E-state index in [9.17, 15) is 9.59 Å². The third kappa shape index (κ3) is 3.89. The van der Waals surface area contributed by atoms with Gasteiger partial charge in [0.05, 0.1) is 12.1 Å². The summed E-state index contributed by atoms with van der Waals surface area (Å²) in [5.41, 5.74) is 2.95. The summed E-state index contributed by atoms with van der Waals surface area (Å²) < 4.78 is 0. The maximum Gasteiger partial charge on any atom is 0.303 e. The van der Waals surface area contributed by atoms with Crippen LogP contribution in [0.2, 0.25) is 0 Å². The predicted octanol–water partition coefficient (Wildman–Crippen LogP) is 2.92. The largest absolute Gasteiger partial charge is 0.481 e. The van der Waals surface area contributed by atoms with E-state index in [4.69, 9.17) is 5.11 Å². The molecule has 0 atom stereocenters. The third-order valence-corrected chi connectivity index (χ3v) is 3.42. The molecule has 0 spiro atoms. The first-order valence-electron chi connectivity index (χ1n) is 6.09. The van der Waals surface area contributed by atoms with Gasteiger partial charge in [-0.05, 0) is 6.92 Å². The summed E-state index contributed by atoms with van der Waals surface area (Å²) in [5.74, 6) is -1.32. The van der Waals surface area contributed by atoms with Gasteiger partial charge in [0.15, 0.2) is 5.13 Å². The van der Waals surface area contributed by atoms with Crippen molar-refractivity contribution in [1.82, 2.24) is 4.98 Å². The number of thiazole rings is 1. The average molecular weight is 290 g/mol. The fourth-order valence-corrected chi connectivity index (χ4v) is 2.33. The van der Waals surface area contributed by atoms with Crippen molar-refractivity contribution in [1.29, 1.82) is 0 Å². The number of hydrogen-bond donors (Lipinski definition) is 2. The molecular formula is C14H14N2O3S. The predicted molar refractivity (Wildman–Crippen MR) is 77.8 cm³/mol. The number of carbonyl (C=O) groups excluding carboxylic acids is 1. The number of hydrogen-bond acceptors (Lipinski definition) is 4. The van der Waals surface area contributed by atoms with Crippen molar-refractivity contribution in [2.75, 3.05) is 5.32 Å². The number of benzene rings is 1. The highest BCUT2D eigenvalue weighted by molar-refractivity contribution is 7.14. The molecule has 1 amide bonds. The standard InChI is InChI=1S/C14H14N2O3S/c1-9-2-4-10(5-3-9)11-8-20-14(15-11)16-12(17)6-7-13(18)19/h2-5,8H,6-7H2,1H3,(H,18,19)(H,15,16,17). The summed E-state index contributed by atoms with van der Waals surface area (Å²) in [6, 6.07) is 7.94. The molecule has 0 aliphatic rings. The zero-order chi connectivity index (χ0) is 14.5. The molecule has 20 heavy (non-hydrogen) atoms. The molecule has 1 aromatic heterocycles. The molecule has 0 aliphatic carbocycles. The van der Waals surface area contributed by atoms with Crippen LogP contribution in [0, 0.1) is 6.92 Å². The second kappa shape index (κ2) is 6.29. The van der Waals surface area contributed by atoms with Crippen LogP contribution in [0.5, 0.6) is 0 Å². The number of carboxylic acids is 1. The summed E-state index contributed by atoms with van der Waals surface area (Å²) in [5, 5.41) is 13.5. The number of aliphatic carboxylic acids is 1. The Balaban J connectivity index is 2.00. The fourth-order valence-electron chi connectivity index (χ4n) is 1.59. The van der Waals surface area contributed by atoms with Gasteiger partial charge in [0.1, 0.15) is 0 Å². The van der Waals surface area contributed by atoms with Crippen LogP contribution in [0.3, 0.4) is 0 Å². The van der Waals surface area contributed by atoms with Crippen LogP contribution in [0.4, 0.5) is 5.13 Å². The molecule has 0 bridgehead atoms. The maximum atomic E-state index is 11.5. The summed E-state index contributed by atoms with van der Waals surface area (Å²) in [6.45, 7) is 2.01. The van der Waals surface area contributed by atoms with Crippen molar-refractivity contribution < 1.29 is 14.7 Å². The maximum absolute atomic E-state index is 11.5. The van der Waals surface area contributed by atoms with Crippen LogP contribution in [0.25, 0.3) is 11.3 Å². The van der Waals surface area contributed by atoms with E-state index in [0.717, 1.165) is 11.3 Å². The Morgan fingerprint density at radius 3 is 2.60 bits per heavy atom. The van der Waals surface area contributed by atoms with E-state index in [-0.39, 0.29) is 18.7 Å². The Morgan fingerprint density at radius 2 is 1.95 bits per heavy atom. The van der Waals surface area contributed by atoms with E-state index in [1.165, 1.54) is 16.9 Å². The number of rotatable bonds is 5. The first-order valence-corrected chi connectivity index (χ1v) is 6.97. The molecule has 2 aromatic rings. The van der Waals surface area contributed by atoms with E-state index in [1.807, 2.05) is 36.6 Å². The van der Waals surface area contributed by atoms with Crippen molar-refractivity contribution in [3.8, 4) is 11.3 Å². The number of nitrogens with zero attached hydrogens (tertiary/aromatic N) is 1. The number of anilines is 1. The molecule has 0 aliphatic heterocycles. The van der Waals surface area contributed by atoms with Crippen LogP contribution in [0.1, 0.15) is 18.4 Å². The summed E-state index contributed by atoms with van der Waals surface area (Å²) in [6.07, 6.45) is -0.225. The molecule has 6 heteroatoms. The molecule has 1 heterocycles. The lowest BCUT2D eigenvalue weighted by atomic mass is 10.1. The van der Waals surface area contributed by atoms with Gasteiger partial charge in [-0.2, -0.15) is 0 Å². The zero-order valence-corrected chi connectivity index (χ0v) is 11.7. The summed E-state index contributed by atoms with van der Waals surface area (Å²) in [4.78, 5) is 26.2. The first-order chi connectivity index (χ1) is 9.54. The lowest BCUT2D eigenvalue weighted by molar-refractivity contribution is -0.138. The lowest BCUT2D eigenvalue weighted by Crippen LogP contribution is -2.12. The quantitative estimate of drug-likeness (QED) is 0.887. The Bertz CT molecular complexity index is 620. The van der Waals surface area contributed by atoms with Gasteiger partial charge >= 0.3 is 5.97 Å². The van der Waals surface area contributed by atoms with Gasteiger partial charge in [-0.15, -0.1) is 11.3 Å². The smallest absolute Gasteiger partial charge is 0.303 e. The Morgan fingerprint density at radius 1 is 1.25 bits per heavy atom. The molecule has 0 unspecified atom stereocenters. The summed E-state index contributed by atoms with van der Waals surface area (Å²) >= 11 is 1.32. The van der Waals surface area contributed by atoms with Crippen LogP contribution >= 0.6 is 11.3 Å². The van der Waals surface area contributed by atoms with Gasteiger partial charge in [0, 0.05) is 17.4 Å². The molecule has 0 saturated heterocycles. The second-order valence-corrected chi connectivity index (χ2v) is 5.20. The molecule has 2 rings (SSSR count). The van der Waals surface area contributed by atoms with Crippen LogP contribution < -0.4 is 5.32 Å². The minimum absolute atomic E-state index is 0.0468. The van der Waals surface area contributed by atoms with Gasteiger partial charge in [-0.3, -0.25) is 9.59 Å². The van der Waals surface area contributed by atoms with Gasteiger partial charge in [0.2, 0.25) is 5.91 Å². The number of aryl methyl sites for hydroxylation is 1. The number of nitrogens with one attached hydrogen (secondary N) is 1. The third-order valence-electron chi connectivity index (χ3n) is 2.66. The van der Waals surface area contributed by atoms with Gasteiger partial charge in [-0.25, -0.2) is 4.98 Å². The lowest BCUT2D eigenvalue weighted by Gasteiger charge is -1.99. The van der Waals surface area contributed by atoms with Crippen molar-refractivity contribution in [2.45, 2.75) is 19.8 Å². The molecular weight excluding hydrogens is 276 g/mol. The SMILES string of the molecule is Cc1ccc(-c2csc(NC(=O)CCC(=O)O)n2)cc1. The van der Waals surface area contributed by atoms with Crippen molar-refractivity contribution in [3.63, 3.8) is 0 Å². The van der Waals surface area contributed by atoms with Crippen molar-refractivity contribution in [2.24, 2.45) is 0 Å². The molecule has 1 aromatic carbocycles. The van der Waals surface area contributed by atoms with Crippen LogP contribution in [-0.2, 0) is 9.59 Å². The minimum atomic E-state index is -0.986. The fraction of sp³-hybridized carbons (Fsp3) is 0.214. The molecule has 0 saturated carbocycles. The van der Waals surface area contributed by atoms with Gasteiger partial charge in [-0.1, -0.05) is 29.8 Å². The zero-order valence-electron chi connectivity index (χ0n) is 10.9. The van der Waals surface area contributed by atoms with Gasteiger partial charge in [0.25, 0.3) is 0 Å². The van der Waals surface area contributed by atoms with E-state index < -0.39 is 5.97 Å². The molecule has 0 radical (unpaired) electrons. The summed E-state index contributed by atoms with van der Waals surface area (Å²) in [7, 11) is 0. The van der Waals surface area contributed by atoms with Crippen molar-refractivity contribution >= 4 is 28.3 Å². The van der Waals surface area contributed by atoms with E-state index in [1.54, 1.807) is 0 Å². The average Bonchev–Trinajstić information content (AvgIpc) is 2.85. The highest BCUT2D eigenvalue weighted by atomic mass is 32.1. The van der Waals surface area contributed by atoms with E-state index >= 15 is 0 Å². The number of amides is 1. The highest BCUT2D eigenvalue weighted by Gasteiger charge is 2.09. The molecule has 0 fully saturated rings. The Hall–Kier alpha value is -2.21. The molecule has 2 N–H and O–H groups in total. The van der Waals surface area contributed by atoms with Gasteiger partial charge < -0.3 is 10.4 Å². The number of carbonyl (C=O) groups is 2. The Labute approximate surface area is 120 Å². The Kier molecular flexibility index (Phi) is 4.47. The monoisotopic (exact) mass is 290 g/mol. The number of carboxylic acid groups (broad SMARTS) is 1. The molecule has 5 nitrogen and oxygen atoms in total.